The number of nitrogens with zero attached hydrogens (tertiary/aromatic N) is 2. The van der Waals surface area contributed by atoms with E-state index < -0.39 is 0 Å². The van der Waals surface area contributed by atoms with Crippen molar-refractivity contribution in [3.8, 4) is 0 Å². The molecule has 0 spiro atoms. The predicted octanol–water partition coefficient (Wildman–Crippen LogP) is 1.94. The molecule has 118 valence electrons. The van der Waals surface area contributed by atoms with Gasteiger partial charge in [0.25, 0.3) is 0 Å². The van der Waals surface area contributed by atoms with Crippen LogP contribution in [0.2, 0.25) is 0 Å². The van der Waals surface area contributed by atoms with Gasteiger partial charge >= 0.3 is 0 Å². The fraction of sp³-hybridized carbons (Fsp3) is 0.938. The Hall–Kier alpha value is -0.610. The molecule has 4 heteroatoms. The van der Waals surface area contributed by atoms with Gasteiger partial charge in [-0.25, -0.2) is 0 Å². The second kappa shape index (κ2) is 7.99. The summed E-state index contributed by atoms with van der Waals surface area (Å²) in [4.78, 5) is 16.2. The van der Waals surface area contributed by atoms with E-state index in [0.29, 0.717) is 18.4 Å². The zero-order valence-corrected chi connectivity index (χ0v) is 13.8. The molecule has 2 N–H and O–H groups in total. The molecule has 1 saturated heterocycles. The van der Waals surface area contributed by atoms with Crippen molar-refractivity contribution < 1.29 is 4.79 Å². The minimum Gasteiger partial charge on any atom is -0.346 e. The van der Waals surface area contributed by atoms with Gasteiger partial charge in [0.05, 0.1) is 0 Å². The molecule has 1 heterocycles. The first-order valence-electron chi connectivity index (χ1n) is 8.01. The van der Waals surface area contributed by atoms with Crippen LogP contribution in [0.4, 0.5) is 0 Å². The van der Waals surface area contributed by atoms with Gasteiger partial charge in [-0.1, -0.05) is 20.8 Å². The highest BCUT2D eigenvalue weighted by Crippen LogP contribution is 2.34. The second-order valence-corrected chi connectivity index (χ2v) is 7.19. The van der Waals surface area contributed by atoms with Crippen molar-refractivity contribution >= 4 is 5.91 Å². The highest BCUT2D eigenvalue weighted by molar-refractivity contribution is 5.76. The molecule has 0 aliphatic carbocycles. The lowest BCUT2D eigenvalue weighted by atomic mass is 9.75. The molecule has 1 aliphatic heterocycles. The Balaban J connectivity index is 2.22. The van der Waals surface area contributed by atoms with E-state index in [2.05, 4.69) is 25.7 Å². The number of amides is 1. The minimum absolute atomic E-state index is 0.247. The summed E-state index contributed by atoms with van der Waals surface area (Å²) in [5.74, 6) is 1.07. The smallest absolute Gasteiger partial charge is 0.223 e. The van der Waals surface area contributed by atoms with Gasteiger partial charge in [0, 0.05) is 26.6 Å². The van der Waals surface area contributed by atoms with Crippen molar-refractivity contribution in [2.24, 2.45) is 17.1 Å². The Bertz CT molecular complexity index is 291. The lowest BCUT2D eigenvalue weighted by molar-refractivity contribution is -0.130. The molecule has 4 nitrogen and oxygen atoms in total. The molecular weight excluding hydrogens is 250 g/mol. The van der Waals surface area contributed by atoms with Crippen molar-refractivity contribution in [3.63, 3.8) is 0 Å². The maximum absolute atomic E-state index is 12.0. The van der Waals surface area contributed by atoms with Crippen LogP contribution in [0.3, 0.4) is 0 Å². The molecule has 1 aliphatic rings. The summed E-state index contributed by atoms with van der Waals surface area (Å²) in [5, 5.41) is 0. The molecule has 0 unspecified atom stereocenters. The fourth-order valence-corrected chi connectivity index (χ4v) is 2.92. The maximum atomic E-state index is 12.0. The topological polar surface area (TPSA) is 49.6 Å². The van der Waals surface area contributed by atoms with Gasteiger partial charge in [0.1, 0.15) is 0 Å². The number of hydrogen-bond donors (Lipinski definition) is 1. The highest BCUT2D eigenvalue weighted by Gasteiger charge is 2.28. The average Bonchev–Trinajstić information content (AvgIpc) is 2.41. The number of carbonyl (C=O) groups excluding carboxylic acids is 1. The Labute approximate surface area is 124 Å². The monoisotopic (exact) mass is 283 g/mol. The van der Waals surface area contributed by atoms with E-state index in [1.165, 1.54) is 12.8 Å². The zero-order chi connectivity index (χ0) is 15.2. The third kappa shape index (κ3) is 5.80. The number of nitrogens with two attached hydrogens (primary N) is 1. The summed E-state index contributed by atoms with van der Waals surface area (Å²) in [5.41, 5.74) is 5.89. The Morgan fingerprint density at radius 2 is 1.90 bits per heavy atom. The van der Waals surface area contributed by atoms with Crippen molar-refractivity contribution in [2.75, 3.05) is 39.8 Å². The number of piperidine rings is 1. The van der Waals surface area contributed by atoms with E-state index in [-0.39, 0.29) is 5.91 Å². The van der Waals surface area contributed by atoms with E-state index in [1.807, 2.05) is 11.9 Å². The van der Waals surface area contributed by atoms with Crippen LogP contribution in [0.25, 0.3) is 0 Å². The molecule has 0 saturated carbocycles. The van der Waals surface area contributed by atoms with Gasteiger partial charge in [-0.3, -0.25) is 4.79 Å². The van der Waals surface area contributed by atoms with Crippen LogP contribution in [-0.2, 0) is 4.79 Å². The number of rotatable bonds is 6. The molecule has 0 atom stereocenters. The standard InChI is InChI=1S/C16H33N3O/c1-16(2,3)14-6-11-19(12-7-14)13-8-15(20)18(4)10-5-9-17/h14H,5-13,17H2,1-4H3. The Morgan fingerprint density at radius 3 is 2.40 bits per heavy atom. The third-order valence-corrected chi connectivity index (χ3v) is 4.58. The molecular formula is C16H33N3O. The van der Waals surface area contributed by atoms with E-state index >= 15 is 0 Å². The average molecular weight is 283 g/mol. The molecule has 0 radical (unpaired) electrons. The van der Waals surface area contributed by atoms with Gasteiger partial charge in [0.2, 0.25) is 5.91 Å². The summed E-state index contributed by atoms with van der Waals surface area (Å²) in [6, 6.07) is 0. The summed E-state index contributed by atoms with van der Waals surface area (Å²) >= 11 is 0. The Morgan fingerprint density at radius 1 is 1.30 bits per heavy atom. The first-order valence-corrected chi connectivity index (χ1v) is 8.01. The van der Waals surface area contributed by atoms with Crippen LogP contribution in [0.15, 0.2) is 0 Å². The van der Waals surface area contributed by atoms with Gasteiger partial charge in [-0.05, 0) is 50.2 Å². The summed E-state index contributed by atoms with van der Waals surface area (Å²) in [6.45, 7) is 11.6. The SMILES string of the molecule is CN(CCCN)C(=O)CCN1CCC(C(C)(C)C)CC1. The summed E-state index contributed by atoms with van der Waals surface area (Å²) < 4.78 is 0. The lowest BCUT2D eigenvalue weighted by Gasteiger charge is -2.38. The molecule has 1 rings (SSSR count). The van der Waals surface area contributed by atoms with Crippen molar-refractivity contribution in [3.05, 3.63) is 0 Å². The van der Waals surface area contributed by atoms with E-state index in [1.54, 1.807) is 0 Å². The largest absolute Gasteiger partial charge is 0.346 e. The minimum atomic E-state index is 0.247. The normalized spacial score (nSPS) is 18.2. The van der Waals surface area contributed by atoms with Crippen LogP contribution in [0.5, 0.6) is 0 Å². The lowest BCUT2D eigenvalue weighted by Crippen LogP contribution is -2.40. The van der Waals surface area contributed by atoms with Gasteiger partial charge in [0.15, 0.2) is 0 Å². The summed E-state index contributed by atoms with van der Waals surface area (Å²) in [7, 11) is 1.88. The molecule has 1 amide bonds. The van der Waals surface area contributed by atoms with Gasteiger partial charge < -0.3 is 15.5 Å². The quantitative estimate of drug-likeness (QED) is 0.810. The molecule has 0 aromatic carbocycles. The van der Waals surface area contributed by atoms with Gasteiger partial charge in [-0.15, -0.1) is 0 Å². The molecule has 0 aromatic heterocycles. The Kier molecular flexibility index (Phi) is 6.96. The maximum Gasteiger partial charge on any atom is 0.223 e. The zero-order valence-electron chi connectivity index (χ0n) is 13.8. The van der Waals surface area contributed by atoms with Crippen molar-refractivity contribution in [1.82, 2.24) is 9.80 Å². The van der Waals surface area contributed by atoms with E-state index in [4.69, 9.17) is 5.73 Å². The third-order valence-electron chi connectivity index (χ3n) is 4.58. The van der Waals surface area contributed by atoms with Crippen LogP contribution < -0.4 is 5.73 Å². The first kappa shape index (κ1) is 17.4. The van der Waals surface area contributed by atoms with Crippen molar-refractivity contribution in [1.29, 1.82) is 0 Å². The first-order chi connectivity index (χ1) is 9.34. The van der Waals surface area contributed by atoms with E-state index in [9.17, 15) is 4.79 Å². The van der Waals surface area contributed by atoms with Crippen molar-refractivity contribution in [2.45, 2.75) is 46.5 Å². The van der Waals surface area contributed by atoms with E-state index in [0.717, 1.165) is 38.5 Å². The van der Waals surface area contributed by atoms with Crippen LogP contribution in [0, 0.1) is 11.3 Å². The second-order valence-electron chi connectivity index (χ2n) is 7.19. The van der Waals surface area contributed by atoms with Gasteiger partial charge in [-0.2, -0.15) is 0 Å². The highest BCUT2D eigenvalue weighted by atomic mass is 16.2. The van der Waals surface area contributed by atoms with Crippen LogP contribution >= 0.6 is 0 Å². The van der Waals surface area contributed by atoms with Crippen LogP contribution in [-0.4, -0.2) is 55.5 Å². The predicted molar refractivity (Wildman–Crippen MR) is 84.5 cm³/mol. The fourth-order valence-electron chi connectivity index (χ4n) is 2.92. The molecule has 1 fully saturated rings. The number of likely N-dealkylation sites (tertiary alicyclic amines) is 1. The number of hydrogen-bond acceptors (Lipinski definition) is 3. The molecule has 0 bridgehead atoms. The summed E-state index contributed by atoms with van der Waals surface area (Å²) in [6.07, 6.45) is 4.06. The number of carbonyl (C=O) groups is 1. The molecule has 0 aromatic rings. The van der Waals surface area contributed by atoms with Crippen LogP contribution in [0.1, 0.15) is 46.5 Å². The molecule has 20 heavy (non-hydrogen) atoms.